The van der Waals surface area contributed by atoms with Crippen molar-refractivity contribution < 1.29 is 4.74 Å². The first-order chi connectivity index (χ1) is 28.6. The van der Waals surface area contributed by atoms with E-state index in [1.807, 2.05) is 18.2 Å². The quantitative estimate of drug-likeness (QED) is 0.146. The van der Waals surface area contributed by atoms with Crippen LogP contribution in [-0.4, -0.2) is 7.11 Å². The summed E-state index contributed by atoms with van der Waals surface area (Å²) in [7, 11) is 1.70. The van der Waals surface area contributed by atoms with E-state index in [-0.39, 0.29) is 0 Å². The van der Waals surface area contributed by atoms with Gasteiger partial charge in [0.2, 0.25) is 0 Å². The molecule has 10 rings (SSSR count). The van der Waals surface area contributed by atoms with Crippen molar-refractivity contribution in [3.8, 4) is 39.1 Å². The summed E-state index contributed by atoms with van der Waals surface area (Å²) in [4.78, 5) is 2.30. The summed E-state index contributed by atoms with van der Waals surface area (Å²) in [5.41, 5.74) is 16.2. The molecule has 9 aromatic rings. The van der Waals surface area contributed by atoms with Gasteiger partial charge in [-0.25, -0.2) is 0 Å². The van der Waals surface area contributed by atoms with Gasteiger partial charge in [0.15, 0.2) is 0 Å². The molecule has 0 atom stereocenters. The highest BCUT2D eigenvalue weighted by molar-refractivity contribution is 6.05. The maximum atomic E-state index is 5.52. The van der Waals surface area contributed by atoms with Crippen LogP contribution >= 0.6 is 0 Å². The van der Waals surface area contributed by atoms with Crippen molar-refractivity contribution in [2.45, 2.75) is 5.41 Å². The van der Waals surface area contributed by atoms with Crippen LogP contribution in [-0.2, 0) is 5.41 Å². The van der Waals surface area contributed by atoms with E-state index in [2.05, 4.69) is 212 Å². The second kappa shape index (κ2) is 14.6. The molecule has 0 saturated carbocycles. The fourth-order valence-corrected chi connectivity index (χ4v) is 9.06. The maximum absolute atomic E-state index is 5.52. The van der Waals surface area contributed by atoms with Crippen molar-refractivity contribution in [1.29, 1.82) is 0 Å². The molecule has 0 spiro atoms. The van der Waals surface area contributed by atoms with Crippen LogP contribution in [0.15, 0.2) is 219 Å². The monoisotopic (exact) mass is 743 g/mol. The molecular formula is C56H41NO. The predicted octanol–water partition coefficient (Wildman–Crippen LogP) is 14.7. The van der Waals surface area contributed by atoms with Crippen LogP contribution < -0.4 is 9.64 Å². The lowest BCUT2D eigenvalue weighted by molar-refractivity contribution is 0.415. The van der Waals surface area contributed by atoms with Gasteiger partial charge >= 0.3 is 0 Å². The first kappa shape index (κ1) is 35.0. The second-order valence-corrected chi connectivity index (χ2v) is 14.9. The topological polar surface area (TPSA) is 12.5 Å². The van der Waals surface area contributed by atoms with Gasteiger partial charge in [-0.15, -0.1) is 0 Å². The van der Waals surface area contributed by atoms with E-state index in [4.69, 9.17) is 4.74 Å². The molecular weight excluding hydrogens is 703 g/mol. The van der Waals surface area contributed by atoms with Crippen molar-refractivity contribution in [3.63, 3.8) is 0 Å². The smallest absolute Gasteiger partial charge is 0.119 e. The standard InChI is InChI=1S/C56H41NO/c1-3-39-20-22-40(23-21-39)41-24-29-47(30-25-41)57(49-33-35-50(58-2)36-34-49)48-31-26-42(27-32-48)44-28-37-53-52(38-44)51-18-10-12-43-13-11-19-54(55(43)51)56(53,45-14-6-4-7-15-45)46-16-8-5-9-17-46/h3-38H,1H2,2H3. The van der Waals surface area contributed by atoms with Gasteiger partial charge < -0.3 is 9.64 Å². The van der Waals surface area contributed by atoms with E-state index in [0.717, 1.165) is 33.9 Å². The van der Waals surface area contributed by atoms with E-state index in [9.17, 15) is 0 Å². The highest BCUT2D eigenvalue weighted by atomic mass is 16.5. The summed E-state index contributed by atoms with van der Waals surface area (Å²) in [6, 6.07) is 77.2. The van der Waals surface area contributed by atoms with Crippen LogP contribution in [0, 0.1) is 0 Å². The van der Waals surface area contributed by atoms with Gasteiger partial charge in [0, 0.05) is 17.1 Å². The first-order valence-electron chi connectivity index (χ1n) is 19.8. The maximum Gasteiger partial charge on any atom is 0.119 e. The Bertz CT molecular complexity index is 2850. The third kappa shape index (κ3) is 5.81. The molecule has 0 unspecified atom stereocenters. The molecule has 0 aliphatic heterocycles. The number of hydrogen-bond acceptors (Lipinski definition) is 2. The molecule has 2 nitrogen and oxygen atoms in total. The van der Waals surface area contributed by atoms with Gasteiger partial charge in [-0.3, -0.25) is 0 Å². The number of anilines is 3. The van der Waals surface area contributed by atoms with Gasteiger partial charge in [-0.1, -0.05) is 170 Å². The zero-order valence-electron chi connectivity index (χ0n) is 32.3. The van der Waals surface area contributed by atoms with E-state index in [0.29, 0.717) is 0 Å². The van der Waals surface area contributed by atoms with Crippen molar-refractivity contribution in [2.24, 2.45) is 0 Å². The molecule has 0 bridgehead atoms. The van der Waals surface area contributed by atoms with Crippen LogP contribution in [0.1, 0.15) is 27.8 Å². The van der Waals surface area contributed by atoms with E-state index < -0.39 is 5.41 Å². The Balaban J connectivity index is 1.09. The van der Waals surface area contributed by atoms with Crippen LogP contribution in [0.4, 0.5) is 17.1 Å². The van der Waals surface area contributed by atoms with Crippen LogP contribution in [0.5, 0.6) is 5.75 Å². The van der Waals surface area contributed by atoms with E-state index in [1.165, 1.54) is 60.8 Å². The van der Waals surface area contributed by atoms with Crippen LogP contribution in [0.3, 0.4) is 0 Å². The summed E-state index contributed by atoms with van der Waals surface area (Å²) in [5, 5.41) is 2.57. The zero-order chi connectivity index (χ0) is 39.1. The molecule has 0 heterocycles. The number of fused-ring (bicyclic) bond motifs is 2. The first-order valence-corrected chi connectivity index (χ1v) is 19.8. The SMILES string of the molecule is C=Cc1ccc(-c2ccc(N(c3ccc(OC)cc3)c3ccc(-c4ccc5c(c4)-c4cccc6cccc(c46)C5(c4ccccc4)c4ccccc4)cc3)cc2)cc1. The predicted molar refractivity (Wildman–Crippen MR) is 243 cm³/mol. The summed E-state index contributed by atoms with van der Waals surface area (Å²) in [6.45, 7) is 3.90. The molecule has 0 N–H and O–H groups in total. The molecule has 2 heteroatoms. The number of methoxy groups -OCH3 is 1. The largest absolute Gasteiger partial charge is 0.497 e. The van der Waals surface area contributed by atoms with E-state index in [1.54, 1.807) is 7.11 Å². The summed E-state index contributed by atoms with van der Waals surface area (Å²) in [6.07, 6.45) is 1.87. The number of rotatable bonds is 9. The van der Waals surface area contributed by atoms with Gasteiger partial charge in [-0.2, -0.15) is 0 Å². The third-order valence-electron chi connectivity index (χ3n) is 11.8. The Kier molecular flexibility index (Phi) is 8.81. The van der Waals surface area contributed by atoms with Crippen molar-refractivity contribution in [1.82, 2.24) is 0 Å². The van der Waals surface area contributed by atoms with Gasteiger partial charge in [-0.05, 0) is 127 Å². The molecule has 0 amide bonds. The normalized spacial score (nSPS) is 12.4. The lowest BCUT2D eigenvalue weighted by Gasteiger charge is -2.42. The van der Waals surface area contributed by atoms with Crippen molar-refractivity contribution in [2.75, 3.05) is 12.0 Å². The third-order valence-corrected chi connectivity index (χ3v) is 11.8. The van der Waals surface area contributed by atoms with E-state index >= 15 is 0 Å². The second-order valence-electron chi connectivity index (χ2n) is 14.9. The van der Waals surface area contributed by atoms with Gasteiger partial charge in [0.05, 0.1) is 12.5 Å². The molecule has 9 aromatic carbocycles. The Morgan fingerprint density at radius 1 is 0.448 bits per heavy atom. The highest BCUT2D eigenvalue weighted by Gasteiger charge is 2.44. The lowest BCUT2D eigenvalue weighted by atomic mass is 9.59. The average Bonchev–Trinajstić information content (AvgIpc) is 3.31. The minimum absolute atomic E-state index is 0.489. The lowest BCUT2D eigenvalue weighted by Crippen LogP contribution is -2.33. The molecule has 1 aliphatic rings. The molecule has 276 valence electrons. The molecule has 0 saturated heterocycles. The summed E-state index contributed by atoms with van der Waals surface area (Å²) in [5.74, 6) is 0.826. The highest BCUT2D eigenvalue weighted by Crippen LogP contribution is 2.55. The summed E-state index contributed by atoms with van der Waals surface area (Å²) < 4.78 is 5.52. The molecule has 0 radical (unpaired) electrons. The van der Waals surface area contributed by atoms with Crippen LogP contribution in [0.25, 0.3) is 50.2 Å². The molecule has 0 aromatic heterocycles. The Labute approximate surface area is 340 Å². The van der Waals surface area contributed by atoms with Crippen molar-refractivity contribution >= 4 is 33.9 Å². The minimum Gasteiger partial charge on any atom is -0.497 e. The minimum atomic E-state index is -0.489. The van der Waals surface area contributed by atoms with Gasteiger partial charge in [0.25, 0.3) is 0 Å². The Morgan fingerprint density at radius 2 is 0.948 bits per heavy atom. The van der Waals surface area contributed by atoms with Crippen molar-refractivity contribution in [3.05, 3.63) is 247 Å². The Morgan fingerprint density at radius 3 is 1.50 bits per heavy atom. The molecule has 58 heavy (non-hydrogen) atoms. The number of benzene rings is 9. The molecule has 1 aliphatic carbocycles. The number of hydrogen-bond donors (Lipinski definition) is 0. The Hall–Kier alpha value is -7.42. The fourth-order valence-electron chi connectivity index (χ4n) is 9.06. The average molecular weight is 744 g/mol. The summed E-state index contributed by atoms with van der Waals surface area (Å²) >= 11 is 0. The van der Waals surface area contributed by atoms with Gasteiger partial charge in [0.1, 0.15) is 5.75 Å². The zero-order valence-corrected chi connectivity index (χ0v) is 32.3. The van der Waals surface area contributed by atoms with Crippen LogP contribution in [0.2, 0.25) is 0 Å². The fraction of sp³-hybridized carbons (Fsp3) is 0.0357. The molecule has 0 fully saturated rings. The number of nitrogens with zero attached hydrogens (tertiary/aromatic N) is 1. The number of ether oxygens (including phenoxy) is 1.